The van der Waals surface area contributed by atoms with E-state index in [2.05, 4.69) is 21.7 Å². The molecular formula is C24H32N4O3. The van der Waals surface area contributed by atoms with Crippen LogP contribution in [0.3, 0.4) is 0 Å². The van der Waals surface area contributed by atoms with E-state index in [-0.39, 0.29) is 35.2 Å². The Hall–Kier alpha value is -2.54. The first kappa shape index (κ1) is 20.4. The van der Waals surface area contributed by atoms with Crippen molar-refractivity contribution in [3.8, 4) is 5.75 Å². The third-order valence-corrected chi connectivity index (χ3v) is 7.79. The van der Waals surface area contributed by atoms with E-state index in [1.54, 1.807) is 6.07 Å². The number of nitrogens with zero attached hydrogens (tertiary/aromatic N) is 3. The number of aromatic hydroxyl groups is 1. The predicted molar refractivity (Wildman–Crippen MR) is 118 cm³/mol. The number of benzene rings is 1. The van der Waals surface area contributed by atoms with Crippen LogP contribution in [0, 0.1) is 6.92 Å². The standard InChI is InChI=1S/C24H32N4O3/c1-16-5-6-18(11-21(16)29)17(2)26-14-20(15-26)28-13-19(12-22(28)30)25-23(31)24-7-3-9-27(24)10-4-8-24/h5-6,11,19-20,29H,2-4,7-10,12-15H2,1H3,(H,25,31). The Labute approximate surface area is 183 Å². The molecule has 4 fully saturated rings. The lowest BCUT2D eigenvalue weighted by molar-refractivity contribution is -0.132. The van der Waals surface area contributed by atoms with Crippen LogP contribution < -0.4 is 5.32 Å². The fourth-order valence-electron chi connectivity index (χ4n) is 5.82. The first-order valence-corrected chi connectivity index (χ1v) is 11.5. The van der Waals surface area contributed by atoms with Gasteiger partial charge in [0, 0.05) is 37.3 Å². The Morgan fingerprint density at radius 2 is 1.90 bits per heavy atom. The highest BCUT2D eigenvalue weighted by Crippen LogP contribution is 2.39. The van der Waals surface area contributed by atoms with Gasteiger partial charge in [0.05, 0.1) is 12.1 Å². The van der Waals surface area contributed by atoms with E-state index in [9.17, 15) is 14.7 Å². The third-order valence-electron chi connectivity index (χ3n) is 7.79. The fraction of sp³-hybridized carbons (Fsp3) is 0.583. The van der Waals surface area contributed by atoms with Gasteiger partial charge < -0.3 is 20.2 Å². The molecule has 0 bridgehead atoms. The first-order chi connectivity index (χ1) is 14.9. The molecule has 1 aromatic carbocycles. The molecule has 2 amide bonds. The molecule has 5 rings (SSSR count). The monoisotopic (exact) mass is 424 g/mol. The SMILES string of the molecule is C=C(c1ccc(C)c(O)c1)N1CC(N2CC(NC(=O)C34CCCN3CCC4)CC2=O)C1. The van der Waals surface area contributed by atoms with Gasteiger partial charge in [-0.15, -0.1) is 0 Å². The summed E-state index contributed by atoms with van der Waals surface area (Å²) in [5, 5.41) is 13.2. The average molecular weight is 425 g/mol. The molecule has 7 heteroatoms. The quantitative estimate of drug-likeness (QED) is 0.753. The van der Waals surface area contributed by atoms with Crippen LogP contribution in [0.5, 0.6) is 5.75 Å². The number of nitrogens with one attached hydrogen (secondary N) is 1. The maximum Gasteiger partial charge on any atom is 0.240 e. The Bertz CT molecular complexity index is 913. The van der Waals surface area contributed by atoms with Crippen LogP contribution in [-0.2, 0) is 9.59 Å². The summed E-state index contributed by atoms with van der Waals surface area (Å²) in [6.07, 6.45) is 4.45. The largest absolute Gasteiger partial charge is 0.508 e. The maximum atomic E-state index is 13.1. The summed E-state index contributed by atoms with van der Waals surface area (Å²) in [5.41, 5.74) is 2.29. The maximum absolute atomic E-state index is 13.1. The van der Waals surface area contributed by atoms with Gasteiger partial charge in [-0.25, -0.2) is 0 Å². The Morgan fingerprint density at radius 3 is 2.58 bits per heavy atom. The van der Waals surface area contributed by atoms with Crippen molar-refractivity contribution in [2.24, 2.45) is 0 Å². The lowest BCUT2D eigenvalue weighted by Gasteiger charge is -2.46. The Morgan fingerprint density at radius 1 is 1.19 bits per heavy atom. The minimum Gasteiger partial charge on any atom is -0.508 e. The summed E-state index contributed by atoms with van der Waals surface area (Å²) in [6.45, 7) is 10.1. The number of likely N-dealkylation sites (tertiary alicyclic amines) is 2. The van der Waals surface area contributed by atoms with Crippen molar-refractivity contribution in [1.82, 2.24) is 20.0 Å². The molecule has 4 saturated heterocycles. The molecule has 31 heavy (non-hydrogen) atoms. The van der Waals surface area contributed by atoms with Crippen LogP contribution in [0.25, 0.3) is 5.70 Å². The zero-order valence-corrected chi connectivity index (χ0v) is 18.3. The van der Waals surface area contributed by atoms with E-state index in [0.29, 0.717) is 13.0 Å². The molecule has 4 aliphatic heterocycles. The second-order valence-corrected chi connectivity index (χ2v) is 9.65. The molecule has 0 spiro atoms. The highest BCUT2D eigenvalue weighted by Gasteiger charge is 2.51. The summed E-state index contributed by atoms with van der Waals surface area (Å²) in [5.74, 6) is 0.525. The molecule has 0 aromatic heterocycles. The smallest absolute Gasteiger partial charge is 0.240 e. The molecule has 0 radical (unpaired) electrons. The Kier molecular flexibility index (Phi) is 4.96. The zero-order chi connectivity index (χ0) is 21.8. The summed E-state index contributed by atoms with van der Waals surface area (Å²) in [6, 6.07) is 5.65. The number of carbonyl (C=O) groups is 2. The van der Waals surface area contributed by atoms with E-state index in [1.807, 2.05) is 24.0 Å². The first-order valence-electron chi connectivity index (χ1n) is 11.5. The summed E-state index contributed by atoms with van der Waals surface area (Å²) < 4.78 is 0. The molecule has 7 nitrogen and oxygen atoms in total. The van der Waals surface area contributed by atoms with Gasteiger partial charge in [-0.3, -0.25) is 14.5 Å². The van der Waals surface area contributed by atoms with Gasteiger partial charge in [-0.2, -0.15) is 0 Å². The molecule has 0 aliphatic carbocycles. The summed E-state index contributed by atoms with van der Waals surface area (Å²) >= 11 is 0. The van der Waals surface area contributed by atoms with Gasteiger partial charge in [-0.1, -0.05) is 18.7 Å². The van der Waals surface area contributed by atoms with E-state index in [4.69, 9.17) is 0 Å². The van der Waals surface area contributed by atoms with Crippen LogP contribution >= 0.6 is 0 Å². The Balaban J connectivity index is 1.16. The van der Waals surface area contributed by atoms with Crippen LogP contribution in [0.2, 0.25) is 0 Å². The van der Waals surface area contributed by atoms with Gasteiger partial charge in [0.1, 0.15) is 11.3 Å². The molecule has 166 valence electrons. The van der Waals surface area contributed by atoms with Crippen molar-refractivity contribution in [2.75, 3.05) is 32.7 Å². The van der Waals surface area contributed by atoms with Crippen molar-refractivity contribution in [3.63, 3.8) is 0 Å². The highest BCUT2D eigenvalue weighted by molar-refractivity contribution is 5.89. The number of aryl methyl sites for hydroxylation is 1. The van der Waals surface area contributed by atoms with Crippen LogP contribution in [0.15, 0.2) is 24.8 Å². The van der Waals surface area contributed by atoms with Crippen LogP contribution in [0.4, 0.5) is 0 Å². The van der Waals surface area contributed by atoms with Gasteiger partial charge in [0.15, 0.2) is 0 Å². The van der Waals surface area contributed by atoms with Crippen molar-refractivity contribution in [2.45, 2.75) is 56.7 Å². The van der Waals surface area contributed by atoms with Crippen molar-refractivity contribution < 1.29 is 14.7 Å². The molecule has 2 N–H and O–H groups in total. The number of hydrogen-bond acceptors (Lipinski definition) is 5. The topological polar surface area (TPSA) is 76.1 Å². The van der Waals surface area contributed by atoms with E-state index >= 15 is 0 Å². The minimum atomic E-state index is -0.318. The lowest BCUT2D eigenvalue weighted by atomic mass is 9.92. The van der Waals surface area contributed by atoms with E-state index in [0.717, 1.165) is 68.7 Å². The molecule has 1 unspecified atom stereocenters. The van der Waals surface area contributed by atoms with Crippen molar-refractivity contribution in [1.29, 1.82) is 0 Å². The third kappa shape index (κ3) is 3.39. The average Bonchev–Trinajstić information content (AvgIpc) is 3.37. The number of amides is 2. The lowest BCUT2D eigenvalue weighted by Crippen LogP contribution is -2.59. The normalized spacial score (nSPS) is 25.6. The van der Waals surface area contributed by atoms with Crippen LogP contribution in [-0.4, -0.2) is 82.0 Å². The number of fused-ring (bicyclic) bond motifs is 1. The number of phenolic OH excluding ortho intramolecular Hbond substituents is 1. The molecule has 4 aliphatic rings. The van der Waals surface area contributed by atoms with Gasteiger partial charge in [0.2, 0.25) is 11.8 Å². The predicted octanol–water partition coefficient (Wildman–Crippen LogP) is 1.70. The second-order valence-electron chi connectivity index (χ2n) is 9.65. The zero-order valence-electron chi connectivity index (χ0n) is 18.3. The molecule has 1 atom stereocenters. The van der Waals surface area contributed by atoms with Crippen LogP contribution in [0.1, 0.15) is 43.2 Å². The number of rotatable bonds is 5. The van der Waals surface area contributed by atoms with Gasteiger partial charge >= 0.3 is 0 Å². The summed E-state index contributed by atoms with van der Waals surface area (Å²) in [4.78, 5) is 32.2. The number of hydrogen-bond donors (Lipinski definition) is 2. The minimum absolute atomic E-state index is 0.0938. The van der Waals surface area contributed by atoms with Gasteiger partial charge in [0.25, 0.3) is 0 Å². The molecular weight excluding hydrogens is 392 g/mol. The van der Waals surface area contributed by atoms with Crippen molar-refractivity contribution in [3.05, 3.63) is 35.9 Å². The van der Waals surface area contributed by atoms with E-state index in [1.165, 1.54) is 0 Å². The fourth-order valence-corrected chi connectivity index (χ4v) is 5.82. The summed E-state index contributed by atoms with van der Waals surface area (Å²) in [7, 11) is 0. The second kappa shape index (κ2) is 7.55. The van der Waals surface area contributed by atoms with Crippen molar-refractivity contribution >= 4 is 17.5 Å². The van der Waals surface area contributed by atoms with E-state index < -0.39 is 0 Å². The molecule has 1 aromatic rings. The number of carbonyl (C=O) groups excluding carboxylic acids is 2. The molecule has 0 saturated carbocycles. The highest BCUT2D eigenvalue weighted by atomic mass is 16.3. The number of phenols is 1. The molecule has 4 heterocycles. The van der Waals surface area contributed by atoms with Gasteiger partial charge in [-0.05, 0) is 57.3 Å².